The van der Waals surface area contributed by atoms with Gasteiger partial charge in [-0.25, -0.2) is 17.2 Å². The Hall–Kier alpha value is -2.32. The SMILES string of the molecule is Cc1ccc(S(=O)(=O)NC(C(=O)Nc2ccc(F)c(F)c2)C(C)C)cc1. The van der Waals surface area contributed by atoms with Gasteiger partial charge in [0.25, 0.3) is 0 Å². The van der Waals surface area contributed by atoms with Crippen LogP contribution in [-0.2, 0) is 14.8 Å². The first kappa shape index (κ1) is 20.0. The van der Waals surface area contributed by atoms with Gasteiger partial charge in [0.2, 0.25) is 15.9 Å². The van der Waals surface area contributed by atoms with E-state index >= 15 is 0 Å². The van der Waals surface area contributed by atoms with E-state index in [1.807, 2.05) is 6.92 Å². The molecule has 0 heterocycles. The van der Waals surface area contributed by atoms with Crippen LogP contribution in [0.25, 0.3) is 0 Å². The Labute approximate surface area is 151 Å². The Kier molecular flexibility index (Phi) is 6.09. The minimum Gasteiger partial charge on any atom is -0.325 e. The maximum Gasteiger partial charge on any atom is 0.242 e. The molecule has 0 aliphatic rings. The summed E-state index contributed by atoms with van der Waals surface area (Å²) >= 11 is 0. The molecule has 0 aliphatic carbocycles. The number of sulfonamides is 1. The van der Waals surface area contributed by atoms with Gasteiger partial charge in [0.05, 0.1) is 4.90 Å². The predicted molar refractivity (Wildman–Crippen MR) is 95.1 cm³/mol. The van der Waals surface area contributed by atoms with Gasteiger partial charge in [-0.2, -0.15) is 4.72 Å². The lowest BCUT2D eigenvalue weighted by Gasteiger charge is -2.21. The first-order valence-electron chi connectivity index (χ1n) is 7.95. The molecule has 0 radical (unpaired) electrons. The van der Waals surface area contributed by atoms with E-state index < -0.39 is 33.6 Å². The Morgan fingerprint density at radius 1 is 1.00 bits per heavy atom. The van der Waals surface area contributed by atoms with Gasteiger partial charge in [0.1, 0.15) is 6.04 Å². The standard InChI is InChI=1S/C18H20F2N2O3S/c1-11(2)17(18(23)21-13-6-9-15(19)16(20)10-13)22-26(24,25)14-7-4-12(3)5-8-14/h4-11,17,22H,1-3H3,(H,21,23). The molecule has 0 saturated carbocycles. The number of carbonyl (C=O) groups excluding carboxylic acids is 1. The zero-order chi connectivity index (χ0) is 19.5. The summed E-state index contributed by atoms with van der Waals surface area (Å²) in [6, 6.07) is 8.02. The number of aryl methyl sites for hydroxylation is 1. The smallest absolute Gasteiger partial charge is 0.242 e. The fraction of sp³-hybridized carbons (Fsp3) is 0.278. The van der Waals surface area contributed by atoms with Crippen molar-refractivity contribution in [1.82, 2.24) is 4.72 Å². The highest BCUT2D eigenvalue weighted by atomic mass is 32.2. The quantitative estimate of drug-likeness (QED) is 0.806. The second-order valence-corrected chi connectivity index (χ2v) is 7.99. The summed E-state index contributed by atoms with van der Waals surface area (Å²) in [6.45, 7) is 5.18. The lowest BCUT2D eigenvalue weighted by molar-refractivity contribution is -0.118. The summed E-state index contributed by atoms with van der Waals surface area (Å²) in [5.74, 6) is -3.19. The molecular weight excluding hydrogens is 362 g/mol. The van der Waals surface area contributed by atoms with E-state index in [1.54, 1.807) is 26.0 Å². The number of benzene rings is 2. The Morgan fingerprint density at radius 3 is 2.15 bits per heavy atom. The first-order chi connectivity index (χ1) is 12.1. The fourth-order valence-corrected chi connectivity index (χ4v) is 3.58. The number of hydrogen-bond donors (Lipinski definition) is 2. The molecule has 0 spiro atoms. The summed E-state index contributed by atoms with van der Waals surface area (Å²) in [7, 11) is -3.92. The van der Waals surface area contributed by atoms with Gasteiger partial charge in [-0.05, 0) is 37.1 Å². The predicted octanol–water partition coefficient (Wildman–Crippen LogP) is 3.21. The summed E-state index contributed by atoms with van der Waals surface area (Å²) in [5, 5.41) is 2.40. The van der Waals surface area contributed by atoms with Crippen LogP contribution in [0.5, 0.6) is 0 Å². The van der Waals surface area contributed by atoms with Crippen molar-refractivity contribution in [2.24, 2.45) is 5.92 Å². The number of anilines is 1. The Bertz CT molecular complexity index is 897. The zero-order valence-electron chi connectivity index (χ0n) is 14.6. The fourth-order valence-electron chi connectivity index (χ4n) is 2.24. The van der Waals surface area contributed by atoms with Gasteiger partial charge in [0.15, 0.2) is 11.6 Å². The summed E-state index contributed by atoms with van der Waals surface area (Å²) in [4.78, 5) is 12.5. The second-order valence-electron chi connectivity index (χ2n) is 6.27. The molecule has 8 heteroatoms. The molecule has 1 unspecified atom stereocenters. The van der Waals surface area contributed by atoms with Crippen LogP contribution in [0, 0.1) is 24.5 Å². The van der Waals surface area contributed by atoms with Crippen molar-refractivity contribution in [1.29, 1.82) is 0 Å². The monoisotopic (exact) mass is 382 g/mol. The molecule has 0 aliphatic heterocycles. The zero-order valence-corrected chi connectivity index (χ0v) is 15.4. The highest BCUT2D eigenvalue weighted by molar-refractivity contribution is 7.89. The van der Waals surface area contributed by atoms with E-state index in [4.69, 9.17) is 0 Å². The molecular formula is C18H20F2N2O3S. The number of carbonyl (C=O) groups is 1. The molecule has 2 rings (SSSR count). The molecule has 0 bridgehead atoms. The van der Waals surface area contributed by atoms with Crippen LogP contribution in [0.1, 0.15) is 19.4 Å². The van der Waals surface area contributed by atoms with Crippen LogP contribution in [0.4, 0.5) is 14.5 Å². The highest BCUT2D eigenvalue weighted by Gasteiger charge is 2.28. The van der Waals surface area contributed by atoms with Crippen LogP contribution in [-0.4, -0.2) is 20.4 Å². The average molecular weight is 382 g/mol. The van der Waals surface area contributed by atoms with Crippen LogP contribution in [0.2, 0.25) is 0 Å². The third-order valence-corrected chi connectivity index (χ3v) is 5.21. The Morgan fingerprint density at radius 2 is 1.62 bits per heavy atom. The van der Waals surface area contributed by atoms with Gasteiger partial charge in [-0.3, -0.25) is 4.79 Å². The lowest BCUT2D eigenvalue weighted by Crippen LogP contribution is -2.47. The van der Waals surface area contributed by atoms with E-state index in [1.165, 1.54) is 18.2 Å². The molecule has 2 N–H and O–H groups in total. The van der Waals surface area contributed by atoms with E-state index in [0.29, 0.717) is 0 Å². The molecule has 1 amide bonds. The third kappa shape index (κ3) is 4.86. The van der Waals surface area contributed by atoms with Gasteiger partial charge in [-0.15, -0.1) is 0 Å². The largest absolute Gasteiger partial charge is 0.325 e. The summed E-state index contributed by atoms with van der Waals surface area (Å²) < 4.78 is 53.7. The van der Waals surface area contributed by atoms with E-state index in [2.05, 4.69) is 10.0 Å². The molecule has 2 aromatic carbocycles. The van der Waals surface area contributed by atoms with Crippen molar-refractivity contribution in [3.63, 3.8) is 0 Å². The van der Waals surface area contributed by atoms with E-state index in [-0.39, 0.29) is 16.5 Å². The topological polar surface area (TPSA) is 75.3 Å². The summed E-state index contributed by atoms with van der Waals surface area (Å²) in [5.41, 5.74) is 0.939. The number of rotatable bonds is 6. The lowest BCUT2D eigenvalue weighted by atomic mass is 10.0. The van der Waals surface area contributed by atoms with Crippen LogP contribution in [0.3, 0.4) is 0 Å². The van der Waals surface area contributed by atoms with Crippen molar-refractivity contribution in [2.45, 2.75) is 31.7 Å². The van der Waals surface area contributed by atoms with E-state index in [9.17, 15) is 22.0 Å². The summed E-state index contributed by atoms with van der Waals surface area (Å²) in [6.07, 6.45) is 0. The number of hydrogen-bond acceptors (Lipinski definition) is 3. The molecule has 2 aromatic rings. The molecule has 0 saturated heterocycles. The maximum atomic E-state index is 13.3. The van der Waals surface area contributed by atoms with Crippen molar-refractivity contribution in [2.75, 3.05) is 5.32 Å². The van der Waals surface area contributed by atoms with Crippen molar-refractivity contribution >= 4 is 21.6 Å². The van der Waals surface area contributed by atoms with Gasteiger partial charge < -0.3 is 5.32 Å². The van der Waals surface area contributed by atoms with Crippen molar-refractivity contribution in [3.8, 4) is 0 Å². The van der Waals surface area contributed by atoms with Gasteiger partial charge in [-0.1, -0.05) is 31.5 Å². The third-order valence-electron chi connectivity index (χ3n) is 3.75. The number of amides is 1. The average Bonchev–Trinajstić information content (AvgIpc) is 2.56. The van der Waals surface area contributed by atoms with Crippen LogP contribution >= 0.6 is 0 Å². The van der Waals surface area contributed by atoms with Gasteiger partial charge >= 0.3 is 0 Å². The molecule has 26 heavy (non-hydrogen) atoms. The maximum absolute atomic E-state index is 13.3. The molecule has 0 aromatic heterocycles. The molecule has 1 atom stereocenters. The number of halogens is 2. The van der Waals surface area contributed by atoms with Gasteiger partial charge in [0, 0.05) is 11.8 Å². The molecule has 0 fully saturated rings. The second kappa shape index (κ2) is 7.92. The number of nitrogens with one attached hydrogen (secondary N) is 2. The van der Waals surface area contributed by atoms with Crippen molar-refractivity contribution < 1.29 is 22.0 Å². The normalized spacial score (nSPS) is 12.8. The molecule has 5 nitrogen and oxygen atoms in total. The van der Waals surface area contributed by atoms with Crippen LogP contribution < -0.4 is 10.0 Å². The van der Waals surface area contributed by atoms with E-state index in [0.717, 1.165) is 17.7 Å². The van der Waals surface area contributed by atoms with Crippen molar-refractivity contribution in [3.05, 3.63) is 59.7 Å². The minimum atomic E-state index is -3.92. The Balaban J connectivity index is 2.20. The first-order valence-corrected chi connectivity index (χ1v) is 9.43. The highest BCUT2D eigenvalue weighted by Crippen LogP contribution is 2.16. The van der Waals surface area contributed by atoms with Crippen LogP contribution in [0.15, 0.2) is 47.4 Å². The minimum absolute atomic E-state index is 0.0362. The molecule has 140 valence electrons.